The number of nitrogens with zero attached hydrogens (tertiary/aromatic N) is 1. The lowest BCUT2D eigenvalue weighted by molar-refractivity contribution is -0.139. The van der Waals surface area contributed by atoms with Gasteiger partial charge in [-0.2, -0.15) is 0 Å². The maximum atomic E-state index is 14.4. The van der Waals surface area contributed by atoms with Gasteiger partial charge in [-0.05, 0) is 52.1 Å². The molecule has 1 aliphatic rings. The van der Waals surface area contributed by atoms with Crippen LogP contribution in [0, 0.1) is 5.82 Å². The Hall–Kier alpha value is -4.19. The van der Waals surface area contributed by atoms with Gasteiger partial charge in [0.05, 0.1) is 12.5 Å². The lowest BCUT2D eigenvalue weighted by atomic mass is 9.87. The van der Waals surface area contributed by atoms with Gasteiger partial charge in [-0.1, -0.05) is 66.7 Å². The third-order valence-electron chi connectivity index (χ3n) is 6.39. The zero-order valence-corrected chi connectivity index (χ0v) is 19.0. The molecule has 0 aromatic heterocycles. The van der Waals surface area contributed by atoms with Crippen molar-refractivity contribution >= 4 is 22.6 Å². The zero-order valence-electron chi connectivity index (χ0n) is 19.0. The van der Waals surface area contributed by atoms with Crippen LogP contribution >= 0.6 is 0 Å². The van der Waals surface area contributed by atoms with Crippen LogP contribution in [-0.4, -0.2) is 35.0 Å². The fourth-order valence-electron chi connectivity index (χ4n) is 4.80. The number of carbonyl (C=O) groups excluding carboxylic acids is 1. The highest BCUT2D eigenvalue weighted by molar-refractivity contribution is 5.86. The number of halogens is 1. The minimum Gasteiger partial charge on any atom is -0.482 e. The van der Waals surface area contributed by atoms with Gasteiger partial charge < -0.3 is 14.7 Å². The number of aliphatic carboxylic acids is 1. The first kappa shape index (κ1) is 22.6. The van der Waals surface area contributed by atoms with Gasteiger partial charge >= 0.3 is 5.97 Å². The summed E-state index contributed by atoms with van der Waals surface area (Å²) in [6, 6.07) is 25.1. The van der Waals surface area contributed by atoms with Gasteiger partial charge in [0.25, 0.3) is 0 Å². The summed E-state index contributed by atoms with van der Waals surface area (Å²) >= 11 is 0. The molecule has 0 bridgehead atoms. The first-order chi connectivity index (χ1) is 17.0. The van der Waals surface area contributed by atoms with Crippen molar-refractivity contribution in [2.45, 2.75) is 18.9 Å². The van der Waals surface area contributed by atoms with E-state index >= 15 is 0 Å². The van der Waals surface area contributed by atoms with E-state index in [1.54, 1.807) is 4.90 Å². The number of benzene rings is 4. The number of amides is 1. The molecule has 1 unspecified atom stereocenters. The number of hydrogen-bond acceptors (Lipinski definition) is 3. The fraction of sp³-hybridized carbons (Fsp3) is 0.172. The van der Waals surface area contributed by atoms with Crippen LogP contribution in [0.4, 0.5) is 4.39 Å². The summed E-state index contributed by atoms with van der Waals surface area (Å²) in [5.41, 5.74) is 3.29. The number of carboxylic acid groups (broad SMARTS) is 1. The van der Waals surface area contributed by atoms with E-state index in [-0.39, 0.29) is 18.1 Å². The van der Waals surface area contributed by atoms with Gasteiger partial charge in [0, 0.05) is 12.1 Å². The third-order valence-corrected chi connectivity index (χ3v) is 6.39. The summed E-state index contributed by atoms with van der Waals surface area (Å²) in [4.78, 5) is 26.5. The van der Waals surface area contributed by atoms with Crippen LogP contribution in [0.5, 0.6) is 5.75 Å². The molecule has 0 aliphatic carbocycles. The summed E-state index contributed by atoms with van der Waals surface area (Å²) < 4.78 is 19.9. The monoisotopic (exact) mass is 469 g/mol. The topological polar surface area (TPSA) is 66.8 Å². The number of rotatable bonds is 6. The van der Waals surface area contributed by atoms with E-state index in [9.17, 15) is 14.0 Å². The van der Waals surface area contributed by atoms with Crippen molar-refractivity contribution in [1.82, 2.24) is 4.90 Å². The maximum Gasteiger partial charge on any atom is 0.341 e. The van der Waals surface area contributed by atoms with Crippen molar-refractivity contribution in [3.05, 3.63) is 113 Å². The number of carbonyl (C=O) groups is 2. The van der Waals surface area contributed by atoms with Crippen LogP contribution in [-0.2, 0) is 22.4 Å². The number of carboxylic acids is 1. The Labute approximate surface area is 202 Å². The van der Waals surface area contributed by atoms with Crippen molar-refractivity contribution in [1.29, 1.82) is 0 Å². The Bertz CT molecular complexity index is 1420. The summed E-state index contributed by atoms with van der Waals surface area (Å²) in [5, 5.41) is 11.3. The van der Waals surface area contributed by atoms with E-state index in [1.165, 1.54) is 18.2 Å². The van der Waals surface area contributed by atoms with E-state index in [0.29, 0.717) is 18.5 Å². The SMILES string of the molecule is O=C(O)COc1ccc(F)cc1C1c2ccccc2CCN1C(=O)Cc1ccc2ccccc2c1. The molecule has 1 atom stereocenters. The molecule has 176 valence electrons. The molecular formula is C29H24FNO4. The van der Waals surface area contributed by atoms with E-state index in [2.05, 4.69) is 0 Å². The molecule has 0 spiro atoms. The van der Waals surface area contributed by atoms with Crippen LogP contribution in [0.1, 0.15) is 28.3 Å². The first-order valence-corrected chi connectivity index (χ1v) is 11.5. The van der Waals surface area contributed by atoms with E-state index < -0.39 is 24.4 Å². The largest absolute Gasteiger partial charge is 0.482 e. The zero-order chi connectivity index (χ0) is 24.4. The van der Waals surface area contributed by atoms with Gasteiger partial charge in [0.15, 0.2) is 6.61 Å². The molecule has 1 aliphatic heterocycles. The minimum atomic E-state index is -1.13. The smallest absolute Gasteiger partial charge is 0.341 e. The molecule has 0 saturated carbocycles. The van der Waals surface area contributed by atoms with Crippen LogP contribution < -0.4 is 4.74 Å². The Morgan fingerprint density at radius 2 is 1.69 bits per heavy atom. The average molecular weight is 470 g/mol. The predicted octanol–water partition coefficient (Wildman–Crippen LogP) is 5.16. The molecule has 4 aromatic rings. The molecule has 0 saturated heterocycles. The van der Waals surface area contributed by atoms with Crippen LogP contribution in [0.3, 0.4) is 0 Å². The van der Waals surface area contributed by atoms with Crippen LogP contribution in [0.2, 0.25) is 0 Å². The summed E-state index contributed by atoms with van der Waals surface area (Å²) in [7, 11) is 0. The van der Waals surface area contributed by atoms with Crippen molar-refractivity contribution in [3.63, 3.8) is 0 Å². The van der Waals surface area contributed by atoms with Crippen LogP contribution in [0.15, 0.2) is 84.9 Å². The predicted molar refractivity (Wildman–Crippen MR) is 131 cm³/mol. The molecule has 5 rings (SSSR count). The molecule has 1 heterocycles. The summed E-state index contributed by atoms with van der Waals surface area (Å²) in [6.45, 7) is -0.0962. The first-order valence-electron chi connectivity index (χ1n) is 11.5. The fourth-order valence-corrected chi connectivity index (χ4v) is 4.80. The van der Waals surface area contributed by atoms with Gasteiger partial charge in [-0.15, -0.1) is 0 Å². The molecule has 5 nitrogen and oxygen atoms in total. The molecule has 6 heteroatoms. The summed E-state index contributed by atoms with van der Waals surface area (Å²) in [6.07, 6.45) is 0.876. The quantitative estimate of drug-likeness (QED) is 0.424. The number of ether oxygens (including phenoxy) is 1. The molecule has 0 radical (unpaired) electrons. The van der Waals surface area contributed by atoms with E-state index in [0.717, 1.165) is 27.5 Å². The molecule has 35 heavy (non-hydrogen) atoms. The second-order valence-electron chi connectivity index (χ2n) is 8.66. The van der Waals surface area contributed by atoms with E-state index in [4.69, 9.17) is 9.84 Å². The van der Waals surface area contributed by atoms with Gasteiger partial charge in [-0.25, -0.2) is 9.18 Å². The standard InChI is InChI=1S/C29H24FNO4/c30-23-11-12-26(35-18-28(33)34)25(17-23)29-24-8-4-3-6-21(24)13-14-31(29)27(32)16-19-9-10-20-5-1-2-7-22(20)15-19/h1-12,15,17,29H,13-14,16,18H2,(H,33,34). The van der Waals surface area contributed by atoms with Crippen molar-refractivity contribution < 1.29 is 23.8 Å². The van der Waals surface area contributed by atoms with Crippen molar-refractivity contribution in [3.8, 4) is 5.75 Å². The van der Waals surface area contributed by atoms with Gasteiger partial charge in [-0.3, -0.25) is 4.79 Å². The molecule has 1 amide bonds. The number of fused-ring (bicyclic) bond motifs is 2. The lowest BCUT2D eigenvalue weighted by Gasteiger charge is -2.38. The highest BCUT2D eigenvalue weighted by atomic mass is 19.1. The Morgan fingerprint density at radius 3 is 2.51 bits per heavy atom. The lowest BCUT2D eigenvalue weighted by Crippen LogP contribution is -2.41. The van der Waals surface area contributed by atoms with Gasteiger partial charge in [0.1, 0.15) is 11.6 Å². The highest BCUT2D eigenvalue weighted by Crippen LogP contribution is 2.40. The average Bonchev–Trinajstić information content (AvgIpc) is 2.87. The summed E-state index contributed by atoms with van der Waals surface area (Å²) in [5.74, 6) is -1.45. The maximum absolute atomic E-state index is 14.4. The van der Waals surface area contributed by atoms with E-state index in [1.807, 2.05) is 66.7 Å². The second kappa shape index (κ2) is 9.58. The third kappa shape index (κ3) is 4.73. The molecule has 4 aromatic carbocycles. The van der Waals surface area contributed by atoms with Gasteiger partial charge in [0.2, 0.25) is 5.91 Å². The molecule has 0 fully saturated rings. The Balaban J connectivity index is 1.53. The van der Waals surface area contributed by atoms with Crippen molar-refractivity contribution in [2.75, 3.05) is 13.2 Å². The Kier molecular flexibility index (Phi) is 6.19. The second-order valence-corrected chi connectivity index (χ2v) is 8.66. The minimum absolute atomic E-state index is 0.0896. The Morgan fingerprint density at radius 1 is 0.914 bits per heavy atom. The molecule has 1 N–H and O–H groups in total. The van der Waals surface area contributed by atoms with Crippen LogP contribution in [0.25, 0.3) is 10.8 Å². The number of hydrogen-bond donors (Lipinski definition) is 1. The normalized spacial score (nSPS) is 15.0. The van der Waals surface area contributed by atoms with Crippen molar-refractivity contribution in [2.24, 2.45) is 0 Å². The highest BCUT2D eigenvalue weighted by Gasteiger charge is 2.34. The molecular weight excluding hydrogens is 445 g/mol.